The van der Waals surface area contributed by atoms with Gasteiger partial charge in [-0.3, -0.25) is 4.79 Å². The minimum Gasteiger partial charge on any atom is -0.356 e. The Morgan fingerprint density at radius 1 is 1.56 bits per heavy atom. The van der Waals surface area contributed by atoms with Crippen LogP contribution in [0.25, 0.3) is 5.65 Å². The molecular formula is C13H16N4O. The number of hydrogen-bond acceptors (Lipinski definition) is 3. The van der Waals surface area contributed by atoms with Crippen molar-refractivity contribution in [2.75, 3.05) is 6.54 Å². The summed E-state index contributed by atoms with van der Waals surface area (Å²) in [5.74, 6) is 1.85. The maximum Gasteiger partial charge on any atom is 0.216 e. The second-order valence-corrected chi connectivity index (χ2v) is 4.92. The molecule has 0 saturated heterocycles. The summed E-state index contributed by atoms with van der Waals surface area (Å²) in [6, 6.07) is 6.08. The number of nitrogens with zero attached hydrogens (tertiary/aromatic N) is 3. The zero-order valence-corrected chi connectivity index (χ0v) is 10.6. The molecule has 1 aliphatic rings. The molecular weight excluding hydrogens is 228 g/mol. The molecule has 5 nitrogen and oxygen atoms in total. The van der Waals surface area contributed by atoms with Crippen molar-refractivity contribution in [2.45, 2.75) is 26.2 Å². The van der Waals surface area contributed by atoms with Crippen LogP contribution in [0.2, 0.25) is 0 Å². The number of fused-ring (bicyclic) bond motifs is 1. The Hall–Kier alpha value is -1.91. The van der Waals surface area contributed by atoms with Crippen LogP contribution < -0.4 is 5.32 Å². The topological polar surface area (TPSA) is 59.3 Å². The highest BCUT2D eigenvalue weighted by molar-refractivity contribution is 5.72. The number of rotatable bonds is 3. The maximum atomic E-state index is 10.9. The third-order valence-corrected chi connectivity index (χ3v) is 3.41. The zero-order valence-electron chi connectivity index (χ0n) is 10.6. The van der Waals surface area contributed by atoms with Gasteiger partial charge in [0, 0.05) is 25.1 Å². The molecule has 1 saturated carbocycles. The van der Waals surface area contributed by atoms with Crippen LogP contribution in [0.3, 0.4) is 0 Å². The molecule has 0 aromatic carbocycles. The molecule has 1 N–H and O–H groups in total. The average Bonchev–Trinajstić information content (AvgIpc) is 2.98. The minimum absolute atomic E-state index is 0.0375. The van der Waals surface area contributed by atoms with E-state index in [-0.39, 0.29) is 5.91 Å². The molecule has 2 atom stereocenters. The lowest BCUT2D eigenvalue weighted by Crippen LogP contribution is -2.22. The van der Waals surface area contributed by atoms with Crippen LogP contribution in [-0.2, 0) is 4.79 Å². The minimum atomic E-state index is 0.0375. The number of carbonyl (C=O) groups is 1. The normalized spacial score (nSPS) is 22.1. The predicted molar refractivity (Wildman–Crippen MR) is 67.3 cm³/mol. The SMILES string of the molecule is CC(=O)NCC1CC1c1cccc2nc(C)nn12. The first-order valence-electron chi connectivity index (χ1n) is 6.22. The molecule has 18 heavy (non-hydrogen) atoms. The molecule has 5 heteroatoms. The van der Waals surface area contributed by atoms with Crippen molar-refractivity contribution in [2.24, 2.45) is 5.92 Å². The standard InChI is InChI=1S/C13H16N4O/c1-8-15-13-5-3-4-12(17(13)16-8)11-6-10(11)7-14-9(2)18/h3-5,10-11H,6-7H2,1-2H3,(H,14,18). The van der Waals surface area contributed by atoms with Gasteiger partial charge in [0.1, 0.15) is 5.82 Å². The molecule has 1 fully saturated rings. The molecule has 2 heterocycles. The highest BCUT2D eigenvalue weighted by Gasteiger charge is 2.39. The lowest BCUT2D eigenvalue weighted by atomic mass is 10.2. The number of nitrogens with one attached hydrogen (secondary N) is 1. The highest BCUT2D eigenvalue weighted by atomic mass is 16.1. The van der Waals surface area contributed by atoms with Gasteiger partial charge in [0.15, 0.2) is 5.65 Å². The van der Waals surface area contributed by atoms with Crippen molar-refractivity contribution < 1.29 is 4.79 Å². The Kier molecular flexibility index (Phi) is 2.54. The van der Waals surface area contributed by atoms with E-state index in [1.807, 2.05) is 23.6 Å². The van der Waals surface area contributed by atoms with Gasteiger partial charge in [-0.1, -0.05) is 6.07 Å². The molecule has 0 aliphatic heterocycles. The van der Waals surface area contributed by atoms with E-state index in [0.717, 1.165) is 24.4 Å². The fraction of sp³-hybridized carbons (Fsp3) is 0.462. The van der Waals surface area contributed by atoms with Gasteiger partial charge in [-0.05, 0) is 31.4 Å². The first-order valence-corrected chi connectivity index (χ1v) is 6.22. The average molecular weight is 244 g/mol. The molecule has 3 rings (SSSR count). The van der Waals surface area contributed by atoms with Crippen molar-refractivity contribution in [1.29, 1.82) is 0 Å². The van der Waals surface area contributed by atoms with Crippen LogP contribution in [0.5, 0.6) is 0 Å². The predicted octanol–water partition coefficient (Wildman–Crippen LogP) is 1.28. The van der Waals surface area contributed by atoms with Crippen molar-refractivity contribution in [3.63, 3.8) is 0 Å². The van der Waals surface area contributed by atoms with Crippen LogP contribution in [0.1, 0.15) is 30.8 Å². The number of amides is 1. The second-order valence-electron chi connectivity index (χ2n) is 4.92. The van der Waals surface area contributed by atoms with E-state index in [1.54, 1.807) is 6.92 Å². The summed E-state index contributed by atoms with van der Waals surface area (Å²) in [6.45, 7) is 4.21. The van der Waals surface area contributed by atoms with E-state index < -0.39 is 0 Å². The molecule has 2 aromatic heterocycles. The van der Waals surface area contributed by atoms with Gasteiger partial charge in [-0.25, -0.2) is 9.50 Å². The van der Waals surface area contributed by atoms with Crippen LogP contribution in [0.15, 0.2) is 18.2 Å². The van der Waals surface area contributed by atoms with Crippen molar-refractivity contribution in [1.82, 2.24) is 19.9 Å². The molecule has 94 valence electrons. The van der Waals surface area contributed by atoms with Crippen LogP contribution >= 0.6 is 0 Å². The first-order chi connectivity index (χ1) is 8.65. The fourth-order valence-electron chi connectivity index (χ4n) is 2.42. The number of aryl methyl sites for hydroxylation is 1. The number of pyridine rings is 1. The Morgan fingerprint density at radius 3 is 3.17 bits per heavy atom. The highest BCUT2D eigenvalue weighted by Crippen LogP contribution is 2.46. The molecule has 0 bridgehead atoms. The number of carbonyl (C=O) groups excluding carboxylic acids is 1. The van der Waals surface area contributed by atoms with Crippen molar-refractivity contribution in [3.05, 3.63) is 29.7 Å². The summed E-state index contributed by atoms with van der Waals surface area (Å²) in [4.78, 5) is 15.3. The van der Waals surface area contributed by atoms with Crippen LogP contribution in [-0.4, -0.2) is 27.0 Å². The van der Waals surface area contributed by atoms with Gasteiger partial charge >= 0.3 is 0 Å². The molecule has 1 amide bonds. The van der Waals surface area contributed by atoms with E-state index >= 15 is 0 Å². The van der Waals surface area contributed by atoms with E-state index in [0.29, 0.717) is 11.8 Å². The van der Waals surface area contributed by atoms with E-state index in [1.165, 1.54) is 5.69 Å². The summed E-state index contributed by atoms with van der Waals surface area (Å²) in [6.07, 6.45) is 1.11. The largest absolute Gasteiger partial charge is 0.356 e. The molecule has 2 unspecified atom stereocenters. The first kappa shape index (κ1) is 11.2. The summed E-state index contributed by atoms with van der Waals surface area (Å²) in [5.41, 5.74) is 2.10. The third-order valence-electron chi connectivity index (χ3n) is 3.41. The molecule has 1 aliphatic carbocycles. The zero-order chi connectivity index (χ0) is 12.7. The van der Waals surface area contributed by atoms with Gasteiger partial charge in [0.25, 0.3) is 0 Å². The lowest BCUT2D eigenvalue weighted by molar-refractivity contribution is -0.119. The molecule has 2 aromatic rings. The Labute approximate surface area is 105 Å². The molecule has 0 radical (unpaired) electrons. The lowest BCUT2D eigenvalue weighted by Gasteiger charge is -2.04. The van der Waals surface area contributed by atoms with E-state index in [4.69, 9.17) is 0 Å². The maximum absolute atomic E-state index is 10.9. The van der Waals surface area contributed by atoms with Gasteiger partial charge in [0.2, 0.25) is 5.91 Å². The summed E-state index contributed by atoms with van der Waals surface area (Å²) < 4.78 is 1.92. The van der Waals surface area contributed by atoms with Gasteiger partial charge in [-0.2, -0.15) is 5.10 Å². The van der Waals surface area contributed by atoms with Crippen LogP contribution in [0, 0.1) is 12.8 Å². The Morgan fingerprint density at radius 2 is 2.39 bits per heavy atom. The van der Waals surface area contributed by atoms with E-state index in [9.17, 15) is 4.79 Å². The second kappa shape index (κ2) is 4.08. The Balaban J connectivity index is 1.81. The smallest absolute Gasteiger partial charge is 0.216 e. The summed E-state index contributed by atoms with van der Waals surface area (Å²) >= 11 is 0. The number of hydrogen-bond donors (Lipinski definition) is 1. The fourth-order valence-corrected chi connectivity index (χ4v) is 2.42. The van der Waals surface area contributed by atoms with Gasteiger partial charge in [0.05, 0.1) is 0 Å². The van der Waals surface area contributed by atoms with Crippen molar-refractivity contribution >= 4 is 11.6 Å². The van der Waals surface area contributed by atoms with Gasteiger partial charge < -0.3 is 5.32 Å². The monoisotopic (exact) mass is 244 g/mol. The van der Waals surface area contributed by atoms with Crippen molar-refractivity contribution in [3.8, 4) is 0 Å². The quantitative estimate of drug-likeness (QED) is 0.884. The van der Waals surface area contributed by atoms with Gasteiger partial charge in [-0.15, -0.1) is 0 Å². The van der Waals surface area contributed by atoms with Crippen LogP contribution in [0.4, 0.5) is 0 Å². The third kappa shape index (κ3) is 1.96. The summed E-state index contributed by atoms with van der Waals surface area (Å²) in [5, 5.41) is 7.30. The number of aromatic nitrogens is 3. The Bertz CT molecular complexity index is 604. The summed E-state index contributed by atoms with van der Waals surface area (Å²) in [7, 11) is 0. The molecule has 0 spiro atoms. The van der Waals surface area contributed by atoms with E-state index in [2.05, 4.69) is 21.5 Å².